The number of nitrogens with one attached hydrogen (secondary N) is 1. The third kappa shape index (κ3) is 3.61. The molecule has 0 fully saturated rings. The highest BCUT2D eigenvalue weighted by Crippen LogP contribution is 2.23. The molecule has 0 aliphatic heterocycles. The first-order valence-electron chi connectivity index (χ1n) is 5.88. The number of carboxylic acids is 1. The molecular weight excluding hydrogens is 300 g/mol. The summed E-state index contributed by atoms with van der Waals surface area (Å²) in [5.74, 6) is -0.595. The van der Waals surface area contributed by atoms with E-state index in [2.05, 4.69) is 10.3 Å². The van der Waals surface area contributed by atoms with Crippen LogP contribution in [0.2, 0.25) is 5.02 Å². The van der Waals surface area contributed by atoms with Crippen LogP contribution in [0.5, 0.6) is 5.75 Å². The number of aryl methyl sites for hydroxylation is 1. The number of carbonyl (C=O) groups excluding carboxylic acids is 1. The summed E-state index contributed by atoms with van der Waals surface area (Å²) in [7, 11) is 0. The molecule has 0 unspecified atom stereocenters. The predicted molar refractivity (Wildman–Crippen MR) is 76.6 cm³/mol. The van der Waals surface area contributed by atoms with Gasteiger partial charge in [-0.3, -0.25) is 0 Å². The van der Waals surface area contributed by atoms with Crippen LogP contribution >= 0.6 is 22.9 Å². The minimum atomic E-state index is -1.21. The van der Waals surface area contributed by atoms with Gasteiger partial charge < -0.3 is 20.0 Å². The Hall–Kier alpha value is -1.79. The lowest BCUT2D eigenvalue weighted by molar-refractivity contribution is -0.254. The molecule has 1 aromatic heterocycles. The zero-order valence-electron chi connectivity index (χ0n) is 10.7. The number of para-hydroxylation sites is 1. The maximum absolute atomic E-state index is 10.8. The standard InChI is InChI=1S/C13H13ClN2O3S/c1-8-11(12(17)18)20-13(16-8)15-6-7-19-10-5-3-2-4-9(10)14/h2-5H,6-7H2,1H3,(H,15,16)(H,17,18)/p-1. The van der Waals surface area contributed by atoms with Gasteiger partial charge in [0.15, 0.2) is 5.13 Å². The van der Waals surface area contributed by atoms with Crippen molar-refractivity contribution in [2.75, 3.05) is 18.5 Å². The summed E-state index contributed by atoms with van der Waals surface area (Å²) in [6.07, 6.45) is 0. The first-order chi connectivity index (χ1) is 9.58. The molecule has 0 saturated carbocycles. The van der Waals surface area contributed by atoms with Crippen LogP contribution in [0.1, 0.15) is 15.4 Å². The maximum atomic E-state index is 10.8. The van der Waals surface area contributed by atoms with Crippen LogP contribution in [-0.4, -0.2) is 24.1 Å². The molecular formula is C13H12ClN2O3S-. The van der Waals surface area contributed by atoms with Gasteiger partial charge in [0.1, 0.15) is 12.4 Å². The fourth-order valence-corrected chi connectivity index (χ4v) is 2.56. The molecule has 0 saturated heterocycles. The van der Waals surface area contributed by atoms with Gasteiger partial charge in [0, 0.05) is 0 Å². The molecule has 2 aromatic rings. The second-order valence-electron chi connectivity index (χ2n) is 3.93. The van der Waals surface area contributed by atoms with Crippen LogP contribution in [0, 0.1) is 6.92 Å². The molecule has 1 aromatic carbocycles. The second kappa shape index (κ2) is 6.58. The normalized spacial score (nSPS) is 10.3. The van der Waals surface area contributed by atoms with Crippen molar-refractivity contribution in [3.05, 3.63) is 39.9 Å². The number of aromatic carboxylic acids is 1. The van der Waals surface area contributed by atoms with Crippen molar-refractivity contribution in [2.45, 2.75) is 6.92 Å². The number of benzene rings is 1. The van der Waals surface area contributed by atoms with Crippen molar-refractivity contribution in [3.63, 3.8) is 0 Å². The van der Waals surface area contributed by atoms with Crippen LogP contribution in [0.15, 0.2) is 24.3 Å². The second-order valence-corrected chi connectivity index (χ2v) is 5.33. The molecule has 106 valence electrons. The Labute approximate surface area is 125 Å². The molecule has 0 aliphatic carbocycles. The van der Waals surface area contributed by atoms with Gasteiger partial charge in [-0.1, -0.05) is 35.1 Å². The van der Waals surface area contributed by atoms with Crippen molar-refractivity contribution in [1.29, 1.82) is 0 Å². The van der Waals surface area contributed by atoms with E-state index >= 15 is 0 Å². The number of carbonyl (C=O) groups is 1. The largest absolute Gasteiger partial charge is 0.544 e. The predicted octanol–water partition coefficient (Wildman–Crippen LogP) is 1.96. The van der Waals surface area contributed by atoms with Gasteiger partial charge in [-0.2, -0.15) is 0 Å². The number of aromatic nitrogens is 1. The SMILES string of the molecule is Cc1nc(NCCOc2ccccc2Cl)sc1C(=O)[O-]. The Morgan fingerprint density at radius 1 is 1.50 bits per heavy atom. The lowest BCUT2D eigenvalue weighted by Crippen LogP contribution is -2.21. The van der Waals surface area contributed by atoms with Crippen LogP contribution in [0.4, 0.5) is 5.13 Å². The van der Waals surface area contributed by atoms with Crippen molar-refractivity contribution >= 4 is 34.0 Å². The fraction of sp³-hybridized carbons (Fsp3) is 0.231. The zero-order chi connectivity index (χ0) is 14.5. The highest BCUT2D eigenvalue weighted by molar-refractivity contribution is 7.17. The molecule has 20 heavy (non-hydrogen) atoms. The van der Waals surface area contributed by atoms with E-state index < -0.39 is 5.97 Å². The van der Waals surface area contributed by atoms with Crippen molar-refractivity contribution in [3.8, 4) is 5.75 Å². The van der Waals surface area contributed by atoms with E-state index in [4.69, 9.17) is 16.3 Å². The number of nitrogens with zero attached hydrogens (tertiary/aromatic N) is 1. The van der Waals surface area contributed by atoms with Crippen LogP contribution in [0.3, 0.4) is 0 Å². The summed E-state index contributed by atoms with van der Waals surface area (Å²) in [4.78, 5) is 15.0. The van der Waals surface area contributed by atoms with Gasteiger partial charge in [-0.25, -0.2) is 4.98 Å². The number of carboxylic acid groups (broad SMARTS) is 1. The van der Waals surface area contributed by atoms with E-state index in [1.54, 1.807) is 19.1 Å². The Balaban J connectivity index is 1.83. The van der Waals surface area contributed by atoms with Gasteiger partial charge in [0.25, 0.3) is 0 Å². The molecule has 0 atom stereocenters. The van der Waals surface area contributed by atoms with Crippen LogP contribution in [-0.2, 0) is 0 Å². The number of thiazole rings is 1. The fourth-order valence-electron chi connectivity index (χ4n) is 1.54. The molecule has 7 heteroatoms. The average Bonchev–Trinajstić information content (AvgIpc) is 2.78. The van der Waals surface area contributed by atoms with E-state index in [1.807, 2.05) is 12.1 Å². The van der Waals surface area contributed by atoms with E-state index in [0.29, 0.717) is 34.7 Å². The molecule has 1 N–H and O–H groups in total. The first kappa shape index (κ1) is 14.6. The third-order valence-corrected chi connectivity index (χ3v) is 3.86. The Kier molecular flexibility index (Phi) is 4.81. The summed E-state index contributed by atoms with van der Waals surface area (Å²) >= 11 is 7.00. The van der Waals surface area contributed by atoms with Crippen molar-refractivity contribution in [2.24, 2.45) is 0 Å². The van der Waals surface area contributed by atoms with E-state index in [-0.39, 0.29) is 4.88 Å². The Bertz CT molecular complexity index is 615. The van der Waals surface area contributed by atoms with E-state index in [1.165, 1.54) is 0 Å². The zero-order valence-corrected chi connectivity index (χ0v) is 12.3. The first-order valence-corrected chi connectivity index (χ1v) is 7.07. The van der Waals surface area contributed by atoms with Crippen LogP contribution < -0.4 is 15.2 Å². The quantitative estimate of drug-likeness (QED) is 0.825. The van der Waals surface area contributed by atoms with Gasteiger partial charge in [0.05, 0.1) is 28.1 Å². The number of halogens is 1. The highest BCUT2D eigenvalue weighted by atomic mass is 35.5. The topological polar surface area (TPSA) is 74.3 Å². The average molecular weight is 312 g/mol. The lowest BCUT2D eigenvalue weighted by Gasteiger charge is -2.07. The van der Waals surface area contributed by atoms with Crippen molar-refractivity contribution < 1.29 is 14.6 Å². The number of anilines is 1. The van der Waals surface area contributed by atoms with Crippen molar-refractivity contribution in [1.82, 2.24) is 4.98 Å². The smallest absolute Gasteiger partial charge is 0.183 e. The van der Waals surface area contributed by atoms with E-state index in [9.17, 15) is 9.90 Å². The molecule has 1 heterocycles. The third-order valence-electron chi connectivity index (χ3n) is 2.45. The van der Waals surface area contributed by atoms with Gasteiger partial charge in [-0.15, -0.1) is 0 Å². The van der Waals surface area contributed by atoms with Gasteiger partial charge >= 0.3 is 0 Å². The summed E-state index contributed by atoms with van der Waals surface area (Å²) in [5, 5.41) is 14.9. The molecule has 0 amide bonds. The van der Waals surface area contributed by atoms with Gasteiger partial charge in [-0.05, 0) is 19.1 Å². The minimum absolute atomic E-state index is 0.138. The monoisotopic (exact) mass is 311 g/mol. The molecule has 0 radical (unpaired) electrons. The summed E-state index contributed by atoms with van der Waals surface area (Å²) in [5.41, 5.74) is 0.449. The Morgan fingerprint density at radius 2 is 2.25 bits per heavy atom. The number of ether oxygens (including phenoxy) is 1. The molecule has 0 aliphatic rings. The molecule has 5 nitrogen and oxygen atoms in total. The molecule has 2 rings (SSSR count). The maximum Gasteiger partial charge on any atom is 0.183 e. The summed E-state index contributed by atoms with van der Waals surface area (Å²) < 4.78 is 5.50. The highest BCUT2D eigenvalue weighted by Gasteiger charge is 2.07. The number of rotatable bonds is 6. The van der Waals surface area contributed by atoms with Crippen LogP contribution in [0.25, 0.3) is 0 Å². The number of hydrogen-bond acceptors (Lipinski definition) is 6. The van der Waals surface area contributed by atoms with Gasteiger partial charge in [0.2, 0.25) is 0 Å². The van der Waals surface area contributed by atoms with E-state index in [0.717, 1.165) is 11.3 Å². The Morgan fingerprint density at radius 3 is 2.90 bits per heavy atom. The summed E-state index contributed by atoms with van der Waals surface area (Å²) in [6.45, 7) is 2.51. The minimum Gasteiger partial charge on any atom is -0.544 e. The lowest BCUT2D eigenvalue weighted by atomic mass is 10.3. The summed E-state index contributed by atoms with van der Waals surface area (Å²) in [6, 6.07) is 7.20. The molecule has 0 spiro atoms. The number of hydrogen-bond donors (Lipinski definition) is 1. The molecule has 0 bridgehead atoms.